The summed E-state index contributed by atoms with van der Waals surface area (Å²) in [5.74, 6) is -0.163. The van der Waals surface area contributed by atoms with E-state index >= 15 is 0 Å². The van der Waals surface area contributed by atoms with Gasteiger partial charge in [-0.2, -0.15) is 0 Å². The molecule has 14 heavy (non-hydrogen) atoms. The van der Waals surface area contributed by atoms with E-state index in [1.807, 2.05) is 37.4 Å². The monoisotopic (exact) mass is 210 g/mol. The van der Waals surface area contributed by atoms with Crippen molar-refractivity contribution in [2.75, 3.05) is 12.9 Å². The van der Waals surface area contributed by atoms with E-state index in [1.165, 1.54) is 4.90 Å². The Morgan fingerprint density at radius 2 is 2.00 bits per heavy atom. The molecule has 0 aromatic heterocycles. The third-order valence-corrected chi connectivity index (χ3v) is 2.56. The Hall–Kier alpha value is -0.960. The van der Waals surface area contributed by atoms with Crippen LogP contribution < -0.4 is 0 Å². The first kappa shape index (κ1) is 11.1. The van der Waals surface area contributed by atoms with E-state index in [4.69, 9.17) is 4.74 Å². The Balaban J connectivity index is 2.55. The number of rotatable bonds is 4. The van der Waals surface area contributed by atoms with Gasteiger partial charge in [-0.15, -0.1) is 11.8 Å². The van der Waals surface area contributed by atoms with Crippen LogP contribution in [0.1, 0.15) is 12.5 Å². The maximum absolute atomic E-state index is 11.1. The summed E-state index contributed by atoms with van der Waals surface area (Å²) >= 11 is 1.69. The van der Waals surface area contributed by atoms with Gasteiger partial charge in [-0.1, -0.05) is 12.1 Å². The number of thioether (sulfide) groups is 1. The highest BCUT2D eigenvalue weighted by Crippen LogP contribution is 2.15. The van der Waals surface area contributed by atoms with Gasteiger partial charge in [0.2, 0.25) is 0 Å². The molecular formula is C11H14O2S. The maximum atomic E-state index is 11.1. The lowest BCUT2D eigenvalue weighted by Gasteiger charge is -2.02. The first-order valence-electron chi connectivity index (χ1n) is 4.54. The predicted molar refractivity (Wildman–Crippen MR) is 58.6 cm³/mol. The molecule has 0 atom stereocenters. The zero-order valence-electron chi connectivity index (χ0n) is 8.45. The van der Waals surface area contributed by atoms with E-state index in [0.29, 0.717) is 13.0 Å². The molecule has 1 aromatic carbocycles. The van der Waals surface area contributed by atoms with Crippen molar-refractivity contribution in [3.63, 3.8) is 0 Å². The molecule has 0 radical (unpaired) electrons. The van der Waals surface area contributed by atoms with Gasteiger partial charge in [0.1, 0.15) is 0 Å². The molecule has 0 spiro atoms. The van der Waals surface area contributed by atoms with Crippen LogP contribution in [-0.2, 0) is 16.0 Å². The number of benzene rings is 1. The number of carbonyl (C=O) groups excluding carboxylic acids is 1. The lowest BCUT2D eigenvalue weighted by molar-refractivity contribution is -0.142. The Morgan fingerprint density at radius 3 is 2.50 bits per heavy atom. The minimum Gasteiger partial charge on any atom is -0.466 e. The topological polar surface area (TPSA) is 26.3 Å². The summed E-state index contributed by atoms with van der Waals surface area (Å²) < 4.78 is 4.86. The molecule has 76 valence electrons. The largest absolute Gasteiger partial charge is 0.466 e. The van der Waals surface area contributed by atoms with Crippen molar-refractivity contribution < 1.29 is 9.53 Å². The molecular weight excluding hydrogens is 196 g/mol. The van der Waals surface area contributed by atoms with Crippen LogP contribution >= 0.6 is 11.8 Å². The lowest BCUT2D eigenvalue weighted by Crippen LogP contribution is -2.07. The van der Waals surface area contributed by atoms with Crippen molar-refractivity contribution in [3.8, 4) is 0 Å². The second kappa shape index (κ2) is 5.70. The number of ether oxygens (including phenoxy) is 1. The summed E-state index contributed by atoms with van der Waals surface area (Å²) in [7, 11) is 0. The molecule has 0 amide bonds. The molecule has 0 fully saturated rings. The zero-order chi connectivity index (χ0) is 10.4. The molecule has 1 rings (SSSR count). The second-order valence-corrected chi connectivity index (χ2v) is 3.71. The third-order valence-electron chi connectivity index (χ3n) is 1.81. The highest BCUT2D eigenvalue weighted by Gasteiger charge is 2.02. The van der Waals surface area contributed by atoms with Crippen molar-refractivity contribution in [3.05, 3.63) is 29.8 Å². The molecule has 0 saturated heterocycles. The van der Waals surface area contributed by atoms with Crippen LogP contribution in [0.5, 0.6) is 0 Å². The normalized spacial score (nSPS) is 9.86. The molecule has 2 nitrogen and oxygen atoms in total. The molecule has 0 heterocycles. The van der Waals surface area contributed by atoms with Gasteiger partial charge in [0, 0.05) is 4.90 Å². The van der Waals surface area contributed by atoms with Crippen molar-refractivity contribution in [1.82, 2.24) is 0 Å². The first-order valence-corrected chi connectivity index (χ1v) is 5.77. The number of esters is 1. The predicted octanol–water partition coefficient (Wildman–Crippen LogP) is 2.51. The first-order chi connectivity index (χ1) is 6.76. The molecule has 0 aliphatic heterocycles. The Labute approximate surface area is 88.7 Å². The third kappa shape index (κ3) is 3.42. The van der Waals surface area contributed by atoms with Gasteiger partial charge in [0.25, 0.3) is 0 Å². The molecule has 0 bridgehead atoms. The molecule has 1 aromatic rings. The van der Waals surface area contributed by atoms with E-state index in [-0.39, 0.29) is 5.97 Å². The summed E-state index contributed by atoms with van der Waals surface area (Å²) in [6.07, 6.45) is 2.39. The molecule has 0 aliphatic rings. The number of hydrogen-bond donors (Lipinski definition) is 0. The summed E-state index contributed by atoms with van der Waals surface area (Å²) in [6, 6.07) is 7.95. The van der Waals surface area contributed by atoms with Crippen molar-refractivity contribution in [1.29, 1.82) is 0 Å². The fourth-order valence-corrected chi connectivity index (χ4v) is 1.53. The van der Waals surface area contributed by atoms with Crippen LogP contribution in [0.2, 0.25) is 0 Å². The highest BCUT2D eigenvalue weighted by molar-refractivity contribution is 7.98. The Kier molecular flexibility index (Phi) is 4.53. The highest BCUT2D eigenvalue weighted by atomic mass is 32.2. The van der Waals surface area contributed by atoms with Crippen LogP contribution in [-0.4, -0.2) is 18.8 Å². The summed E-state index contributed by atoms with van der Waals surface area (Å²) in [5, 5.41) is 0. The van der Waals surface area contributed by atoms with Crippen molar-refractivity contribution in [2.45, 2.75) is 18.2 Å². The van der Waals surface area contributed by atoms with E-state index < -0.39 is 0 Å². The van der Waals surface area contributed by atoms with E-state index in [1.54, 1.807) is 11.8 Å². The summed E-state index contributed by atoms with van der Waals surface area (Å²) in [6.45, 7) is 2.26. The minimum absolute atomic E-state index is 0.163. The number of hydrogen-bond acceptors (Lipinski definition) is 3. The molecule has 3 heteroatoms. The minimum atomic E-state index is -0.163. The maximum Gasteiger partial charge on any atom is 0.310 e. The zero-order valence-corrected chi connectivity index (χ0v) is 9.26. The average Bonchev–Trinajstić information content (AvgIpc) is 2.19. The second-order valence-electron chi connectivity index (χ2n) is 2.83. The van der Waals surface area contributed by atoms with Crippen LogP contribution in [0, 0.1) is 0 Å². The molecule has 0 unspecified atom stereocenters. The van der Waals surface area contributed by atoms with Gasteiger partial charge < -0.3 is 4.74 Å². The summed E-state index contributed by atoms with van der Waals surface area (Å²) in [4.78, 5) is 12.3. The van der Waals surface area contributed by atoms with E-state index in [0.717, 1.165) is 5.56 Å². The fraction of sp³-hybridized carbons (Fsp3) is 0.364. The Bertz CT molecular complexity index is 293. The van der Waals surface area contributed by atoms with Gasteiger partial charge in [0.05, 0.1) is 13.0 Å². The molecule has 0 saturated carbocycles. The van der Waals surface area contributed by atoms with Crippen LogP contribution in [0.3, 0.4) is 0 Å². The van der Waals surface area contributed by atoms with Gasteiger partial charge in [-0.25, -0.2) is 0 Å². The van der Waals surface area contributed by atoms with E-state index in [2.05, 4.69) is 0 Å². The summed E-state index contributed by atoms with van der Waals surface area (Å²) in [5.41, 5.74) is 1.00. The lowest BCUT2D eigenvalue weighted by atomic mass is 10.1. The van der Waals surface area contributed by atoms with Crippen molar-refractivity contribution >= 4 is 17.7 Å². The van der Waals surface area contributed by atoms with Gasteiger partial charge in [-0.3, -0.25) is 4.79 Å². The average molecular weight is 210 g/mol. The van der Waals surface area contributed by atoms with Gasteiger partial charge in [0.15, 0.2) is 0 Å². The SMILES string of the molecule is CCOC(=O)Cc1ccc(SC)cc1. The molecule has 0 aliphatic carbocycles. The van der Waals surface area contributed by atoms with Crippen LogP contribution in [0.25, 0.3) is 0 Å². The van der Waals surface area contributed by atoms with Crippen LogP contribution in [0.4, 0.5) is 0 Å². The number of carbonyl (C=O) groups is 1. The van der Waals surface area contributed by atoms with Gasteiger partial charge in [-0.05, 0) is 30.9 Å². The fourth-order valence-electron chi connectivity index (χ4n) is 1.12. The van der Waals surface area contributed by atoms with Crippen LogP contribution in [0.15, 0.2) is 29.2 Å². The Morgan fingerprint density at radius 1 is 1.36 bits per heavy atom. The van der Waals surface area contributed by atoms with Crippen molar-refractivity contribution in [2.24, 2.45) is 0 Å². The molecule has 0 N–H and O–H groups in total. The quantitative estimate of drug-likeness (QED) is 0.564. The van der Waals surface area contributed by atoms with E-state index in [9.17, 15) is 4.79 Å². The smallest absolute Gasteiger partial charge is 0.310 e. The van der Waals surface area contributed by atoms with Gasteiger partial charge >= 0.3 is 5.97 Å². The standard InChI is InChI=1S/C11H14O2S/c1-3-13-11(12)8-9-4-6-10(14-2)7-5-9/h4-7H,3,8H2,1-2H3.